The average Bonchev–Trinajstić information content (AvgIpc) is 3.01. The van der Waals surface area contributed by atoms with Crippen molar-refractivity contribution in [2.24, 2.45) is 5.92 Å². The fraction of sp³-hybridized carbons (Fsp3) is 0.417. The first-order chi connectivity index (χ1) is 7.13. The van der Waals surface area contributed by atoms with Crippen molar-refractivity contribution < 1.29 is 15.0 Å². The Bertz CT molecular complexity index is 356. The zero-order valence-corrected chi connectivity index (χ0v) is 8.39. The third-order valence-corrected chi connectivity index (χ3v) is 2.95. The summed E-state index contributed by atoms with van der Waals surface area (Å²) in [5, 5.41) is 19.2. The summed E-state index contributed by atoms with van der Waals surface area (Å²) in [5.74, 6) is -0.843. The monoisotopic (exact) mass is 206 g/mol. The van der Waals surface area contributed by atoms with E-state index in [4.69, 9.17) is 5.11 Å². The van der Waals surface area contributed by atoms with Crippen molar-refractivity contribution in [3.8, 4) is 0 Å². The number of carbonyl (C=O) groups is 1. The van der Waals surface area contributed by atoms with Gasteiger partial charge in [0.15, 0.2) is 0 Å². The number of rotatable bonds is 4. The van der Waals surface area contributed by atoms with Gasteiger partial charge in [-0.05, 0) is 24.3 Å². The lowest BCUT2D eigenvalue weighted by molar-refractivity contribution is -0.144. The molecule has 0 spiro atoms. The smallest absolute Gasteiger partial charge is 0.306 e. The van der Waals surface area contributed by atoms with Crippen LogP contribution in [-0.2, 0) is 10.4 Å². The number of benzene rings is 1. The molecule has 1 aliphatic rings. The van der Waals surface area contributed by atoms with Crippen LogP contribution in [0.4, 0.5) is 0 Å². The Balaban J connectivity index is 2.30. The molecule has 1 saturated carbocycles. The van der Waals surface area contributed by atoms with Crippen LogP contribution < -0.4 is 0 Å². The molecule has 1 aliphatic carbocycles. The van der Waals surface area contributed by atoms with Crippen molar-refractivity contribution in [3.63, 3.8) is 0 Å². The molecular weight excluding hydrogens is 192 g/mol. The van der Waals surface area contributed by atoms with Gasteiger partial charge in [0.05, 0.1) is 6.42 Å². The van der Waals surface area contributed by atoms with Crippen molar-refractivity contribution in [1.82, 2.24) is 0 Å². The summed E-state index contributed by atoms with van der Waals surface area (Å²) < 4.78 is 0. The molecular formula is C12H14O3. The molecule has 0 heterocycles. The molecule has 0 bridgehead atoms. The van der Waals surface area contributed by atoms with Gasteiger partial charge in [-0.3, -0.25) is 4.79 Å². The molecule has 3 nitrogen and oxygen atoms in total. The summed E-state index contributed by atoms with van der Waals surface area (Å²) in [5.41, 5.74) is -0.456. The van der Waals surface area contributed by atoms with Crippen molar-refractivity contribution in [1.29, 1.82) is 0 Å². The second-order valence-corrected chi connectivity index (χ2v) is 4.14. The standard InChI is InChI=1S/C12H14O3/c13-11(14)8-12(15,10-6-7-10)9-4-2-1-3-5-9/h1-5,10,15H,6-8H2,(H,13,14). The minimum atomic E-state index is -1.17. The molecule has 80 valence electrons. The molecule has 0 aromatic heterocycles. The van der Waals surface area contributed by atoms with Crippen LogP contribution in [0.15, 0.2) is 30.3 Å². The Morgan fingerprint density at radius 3 is 2.40 bits per heavy atom. The molecule has 0 aliphatic heterocycles. The Hall–Kier alpha value is -1.35. The van der Waals surface area contributed by atoms with Gasteiger partial charge in [0, 0.05) is 0 Å². The van der Waals surface area contributed by atoms with Crippen LogP contribution in [0.1, 0.15) is 24.8 Å². The van der Waals surface area contributed by atoms with Crippen LogP contribution in [0, 0.1) is 5.92 Å². The average molecular weight is 206 g/mol. The van der Waals surface area contributed by atoms with Gasteiger partial charge in [0.25, 0.3) is 0 Å². The molecule has 1 aromatic carbocycles. The van der Waals surface area contributed by atoms with Gasteiger partial charge in [-0.1, -0.05) is 30.3 Å². The lowest BCUT2D eigenvalue weighted by atomic mass is 9.86. The molecule has 1 aromatic rings. The molecule has 15 heavy (non-hydrogen) atoms. The Morgan fingerprint density at radius 1 is 1.33 bits per heavy atom. The maximum Gasteiger partial charge on any atom is 0.306 e. The lowest BCUT2D eigenvalue weighted by Gasteiger charge is -2.26. The second kappa shape index (κ2) is 3.66. The summed E-state index contributed by atoms with van der Waals surface area (Å²) >= 11 is 0. The highest BCUT2D eigenvalue weighted by atomic mass is 16.4. The minimum Gasteiger partial charge on any atom is -0.481 e. The topological polar surface area (TPSA) is 57.5 Å². The second-order valence-electron chi connectivity index (χ2n) is 4.14. The van der Waals surface area contributed by atoms with Crippen LogP contribution >= 0.6 is 0 Å². The van der Waals surface area contributed by atoms with E-state index in [2.05, 4.69) is 0 Å². The Kier molecular flexibility index (Phi) is 2.49. The summed E-state index contributed by atoms with van der Waals surface area (Å²) in [4.78, 5) is 10.8. The van der Waals surface area contributed by atoms with E-state index in [-0.39, 0.29) is 12.3 Å². The van der Waals surface area contributed by atoms with E-state index in [0.717, 1.165) is 18.4 Å². The lowest BCUT2D eigenvalue weighted by Crippen LogP contribution is -2.31. The molecule has 1 atom stereocenters. The molecule has 2 N–H and O–H groups in total. The van der Waals surface area contributed by atoms with Crippen LogP contribution in [0.3, 0.4) is 0 Å². The first-order valence-corrected chi connectivity index (χ1v) is 5.12. The van der Waals surface area contributed by atoms with E-state index in [0.29, 0.717) is 0 Å². The van der Waals surface area contributed by atoms with Gasteiger partial charge in [0.1, 0.15) is 5.60 Å². The molecule has 0 saturated heterocycles. The minimum absolute atomic E-state index is 0.107. The van der Waals surface area contributed by atoms with Crippen molar-refractivity contribution in [3.05, 3.63) is 35.9 Å². The van der Waals surface area contributed by atoms with E-state index in [1.54, 1.807) is 12.1 Å². The van der Waals surface area contributed by atoms with E-state index in [1.807, 2.05) is 18.2 Å². The Labute approximate surface area is 88.4 Å². The summed E-state index contributed by atoms with van der Waals surface area (Å²) in [6.45, 7) is 0. The molecule has 1 unspecified atom stereocenters. The van der Waals surface area contributed by atoms with Gasteiger partial charge >= 0.3 is 5.97 Å². The predicted molar refractivity (Wildman–Crippen MR) is 55.3 cm³/mol. The van der Waals surface area contributed by atoms with Crippen LogP contribution in [0.2, 0.25) is 0 Å². The first kappa shape index (κ1) is 10.2. The van der Waals surface area contributed by atoms with Crippen molar-refractivity contribution >= 4 is 5.97 Å². The predicted octanol–water partition coefficient (Wildman–Crippen LogP) is 1.76. The highest BCUT2D eigenvalue weighted by Crippen LogP contribution is 2.47. The summed E-state index contributed by atoms with van der Waals surface area (Å²) in [7, 11) is 0. The van der Waals surface area contributed by atoms with Crippen molar-refractivity contribution in [2.75, 3.05) is 0 Å². The highest BCUT2D eigenvalue weighted by Gasteiger charge is 2.46. The number of hydrogen-bond donors (Lipinski definition) is 2. The molecule has 0 amide bonds. The number of aliphatic hydroxyl groups is 1. The van der Waals surface area contributed by atoms with Crippen LogP contribution in [-0.4, -0.2) is 16.2 Å². The van der Waals surface area contributed by atoms with E-state index >= 15 is 0 Å². The molecule has 0 radical (unpaired) electrons. The van der Waals surface area contributed by atoms with Gasteiger partial charge in [-0.15, -0.1) is 0 Å². The number of carboxylic acid groups (broad SMARTS) is 1. The maximum atomic E-state index is 10.8. The van der Waals surface area contributed by atoms with Crippen molar-refractivity contribution in [2.45, 2.75) is 24.9 Å². The number of carboxylic acids is 1. The van der Waals surface area contributed by atoms with Gasteiger partial charge in [0.2, 0.25) is 0 Å². The highest BCUT2D eigenvalue weighted by molar-refractivity contribution is 5.68. The van der Waals surface area contributed by atoms with Gasteiger partial charge in [-0.25, -0.2) is 0 Å². The van der Waals surface area contributed by atoms with Gasteiger partial charge in [-0.2, -0.15) is 0 Å². The first-order valence-electron chi connectivity index (χ1n) is 5.12. The Morgan fingerprint density at radius 2 is 1.93 bits per heavy atom. The fourth-order valence-corrected chi connectivity index (χ4v) is 2.00. The largest absolute Gasteiger partial charge is 0.481 e. The number of hydrogen-bond acceptors (Lipinski definition) is 2. The third-order valence-electron chi connectivity index (χ3n) is 2.95. The molecule has 1 fully saturated rings. The van der Waals surface area contributed by atoms with E-state index in [1.165, 1.54) is 0 Å². The maximum absolute atomic E-state index is 10.8. The van der Waals surface area contributed by atoms with Crippen LogP contribution in [0.5, 0.6) is 0 Å². The SMILES string of the molecule is O=C(O)CC(O)(c1ccccc1)C1CC1. The third kappa shape index (κ3) is 2.02. The fourth-order valence-electron chi connectivity index (χ4n) is 2.00. The quantitative estimate of drug-likeness (QED) is 0.789. The van der Waals surface area contributed by atoms with Gasteiger partial charge < -0.3 is 10.2 Å². The van der Waals surface area contributed by atoms with E-state index in [9.17, 15) is 9.90 Å². The zero-order valence-electron chi connectivity index (χ0n) is 8.39. The summed E-state index contributed by atoms with van der Waals surface area (Å²) in [6, 6.07) is 9.09. The summed E-state index contributed by atoms with van der Waals surface area (Å²) in [6.07, 6.45) is 1.62. The normalized spacial score (nSPS) is 19.5. The number of aliphatic carboxylic acids is 1. The molecule has 2 rings (SSSR count). The van der Waals surface area contributed by atoms with E-state index < -0.39 is 11.6 Å². The molecule has 3 heteroatoms. The van der Waals surface area contributed by atoms with Crippen LogP contribution in [0.25, 0.3) is 0 Å². The zero-order chi connectivity index (χ0) is 10.9.